The van der Waals surface area contributed by atoms with Gasteiger partial charge in [0.25, 0.3) is 5.91 Å². The van der Waals surface area contributed by atoms with Crippen molar-refractivity contribution in [1.29, 1.82) is 5.26 Å². The van der Waals surface area contributed by atoms with Crippen LogP contribution in [-0.2, 0) is 11.3 Å². The molecular weight excluding hydrogens is 374 g/mol. The minimum absolute atomic E-state index is 0.0882. The number of nitrogens with zero attached hydrogens (tertiary/aromatic N) is 6. The van der Waals surface area contributed by atoms with Gasteiger partial charge in [-0.2, -0.15) is 5.26 Å². The number of carbonyl (C=O) groups excluding carboxylic acids is 1. The molecule has 10 nitrogen and oxygen atoms in total. The van der Waals surface area contributed by atoms with E-state index < -0.39 is 5.91 Å². The predicted molar refractivity (Wildman–Crippen MR) is 102 cm³/mol. The van der Waals surface area contributed by atoms with Crippen LogP contribution in [0.2, 0.25) is 0 Å². The van der Waals surface area contributed by atoms with Crippen molar-refractivity contribution < 1.29 is 14.6 Å². The first-order valence-electron chi connectivity index (χ1n) is 8.96. The quantitative estimate of drug-likeness (QED) is 0.660. The number of hydrogen-bond acceptors (Lipinski definition) is 9. The lowest BCUT2D eigenvalue weighted by atomic mass is 10.2. The van der Waals surface area contributed by atoms with E-state index in [0.29, 0.717) is 29.8 Å². The number of hydrogen-bond donors (Lipinski definition) is 2. The van der Waals surface area contributed by atoms with E-state index in [1.54, 1.807) is 12.1 Å². The molecule has 0 spiro atoms. The SMILES string of the molecule is N#Cc1cnc(CNC(=O)c2ncc3nc(N4CCOCC4)ccc3c2O)cn1. The molecule has 4 rings (SSSR count). The Morgan fingerprint density at radius 2 is 2.03 bits per heavy atom. The zero-order valence-corrected chi connectivity index (χ0v) is 15.4. The second-order valence-electron chi connectivity index (χ2n) is 6.34. The fraction of sp³-hybridized carbons (Fsp3) is 0.263. The topological polar surface area (TPSA) is 137 Å². The first-order valence-corrected chi connectivity index (χ1v) is 8.96. The van der Waals surface area contributed by atoms with Crippen LogP contribution >= 0.6 is 0 Å². The van der Waals surface area contributed by atoms with Crippen molar-refractivity contribution in [3.63, 3.8) is 0 Å². The summed E-state index contributed by atoms with van der Waals surface area (Å²) in [6, 6.07) is 5.41. The van der Waals surface area contributed by atoms with Crippen molar-refractivity contribution in [3.05, 3.63) is 47.8 Å². The van der Waals surface area contributed by atoms with Crippen LogP contribution in [0.1, 0.15) is 21.9 Å². The van der Waals surface area contributed by atoms with E-state index in [1.807, 2.05) is 6.07 Å². The number of rotatable bonds is 4. The van der Waals surface area contributed by atoms with Gasteiger partial charge in [0.2, 0.25) is 0 Å². The molecule has 29 heavy (non-hydrogen) atoms. The number of anilines is 1. The molecule has 0 aromatic carbocycles. The first kappa shape index (κ1) is 18.5. The van der Waals surface area contributed by atoms with E-state index in [9.17, 15) is 9.90 Å². The van der Waals surface area contributed by atoms with E-state index in [-0.39, 0.29) is 23.7 Å². The standard InChI is InChI=1S/C19H17N7O3/c20-7-12-8-22-13(9-21-12)10-24-19(28)17-18(27)14-1-2-16(25-15(14)11-23-17)26-3-5-29-6-4-26/h1-2,8-9,11,27H,3-6,10H2,(H,24,28). The van der Waals surface area contributed by atoms with Crippen LogP contribution in [0.4, 0.5) is 5.82 Å². The molecule has 1 saturated heterocycles. The van der Waals surface area contributed by atoms with Crippen molar-refractivity contribution in [2.75, 3.05) is 31.2 Å². The van der Waals surface area contributed by atoms with Crippen LogP contribution in [0.15, 0.2) is 30.7 Å². The third-order valence-electron chi connectivity index (χ3n) is 4.51. The summed E-state index contributed by atoms with van der Waals surface area (Å²) in [6.45, 7) is 2.87. The lowest BCUT2D eigenvalue weighted by Crippen LogP contribution is -2.36. The average Bonchev–Trinajstić information content (AvgIpc) is 2.78. The molecule has 1 aliphatic heterocycles. The molecule has 0 atom stereocenters. The van der Waals surface area contributed by atoms with E-state index in [0.717, 1.165) is 18.9 Å². The number of fused-ring (bicyclic) bond motifs is 1. The highest BCUT2D eigenvalue weighted by atomic mass is 16.5. The number of amides is 1. The Labute approximate surface area is 165 Å². The van der Waals surface area contributed by atoms with E-state index in [4.69, 9.17) is 10.00 Å². The minimum Gasteiger partial charge on any atom is -0.505 e. The summed E-state index contributed by atoms with van der Waals surface area (Å²) in [5.74, 6) is -0.00153. The Hall–Kier alpha value is -3.84. The molecule has 3 aromatic heterocycles. The average molecular weight is 391 g/mol. The van der Waals surface area contributed by atoms with Crippen LogP contribution in [0, 0.1) is 11.3 Å². The zero-order chi connectivity index (χ0) is 20.2. The zero-order valence-electron chi connectivity index (χ0n) is 15.4. The third-order valence-corrected chi connectivity index (χ3v) is 4.51. The van der Waals surface area contributed by atoms with Gasteiger partial charge in [-0.3, -0.25) is 9.78 Å². The van der Waals surface area contributed by atoms with E-state index in [2.05, 4.69) is 30.2 Å². The number of carbonyl (C=O) groups is 1. The number of nitriles is 1. The molecule has 3 aromatic rings. The molecule has 146 valence electrons. The van der Waals surface area contributed by atoms with Gasteiger partial charge in [-0.25, -0.2) is 15.0 Å². The van der Waals surface area contributed by atoms with Crippen molar-refractivity contribution in [2.24, 2.45) is 0 Å². The molecule has 2 N–H and O–H groups in total. The Morgan fingerprint density at radius 1 is 1.21 bits per heavy atom. The number of morpholine rings is 1. The van der Waals surface area contributed by atoms with E-state index >= 15 is 0 Å². The summed E-state index contributed by atoms with van der Waals surface area (Å²) >= 11 is 0. The summed E-state index contributed by atoms with van der Waals surface area (Å²) in [7, 11) is 0. The molecule has 0 radical (unpaired) electrons. The molecule has 0 aliphatic carbocycles. The number of ether oxygens (including phenoxy) is 1. The summed E-state index contributed by atoms with van der Waals surface area (Å²) in [5.41, 5.74) is 1.08. The molecule has 1 amide bonds. The second kappa shape index (κ2) is 8.04. The van der Waals surface area contributed by atoms with Gasteiger partial charge in [0.15, 0.2) is 17.1 Å². The Balaban J connectivity index is 1.51. The molecule has 0 unspecified atom stereocenters. The summed E-state index contributed by atoms with van der Waals surface area (Å²) in [6.07, 6.45) is 4.20. The van der Waals surface area contributed by atoms with Gasteiger partial charge in [0, 0.05) is 18.5 Å². The maximum Gasteiger partial charge on any atom is 0.274 e. The lowest BCUT2D eigenvalue weighted by Gasteiger charge is -2.27. The van der Waals surface area contributed by atoms with E-state index in [1.165, 1.54) is 18.6 Å². The molecule has 4 heterocycles. The maximum absolute atomic E-state index is 12.4. The largest absolute Gasteiger partial charge is 0.505 e. The second-order valence-corrected chi connectivity index (χ2v) is 6.34. The smallest absolute Gasteiger partial charge is 0.274 e. The Morgan fingerprint density at radius 3 is 2.76 bits per heavy atom. The van der Waals surface area contributed by atoms with Gasteiger partial charge >= 0.3 is 0 Å². The van der Waals surface area contributed by atoms with Gasteiger partial charge in [0.05, 0.1) is 49.6 Å². The fourth-order valence-corrected chi connectivity index (χ4v) is 2.97. The Kier molecular flexibility index (Phi) is 5.13. The summed E-state index contributed by atoms with van der Waals surface area (Å²) in [4.78, 5) is 31.1. The van der Waals surface area contributed by atoms with Crippen molar-refractivity contribution in [2.45, 2.75) is 6.54 Å². The monoisotopic (exact) mass is 391 g/mol. The Bertz CT molecular complexity index is 1090. The third kappa shape index (κ3) is 3.90. The molecule has 10 heteroatoms. The summed E-state index contributed by atoms with van der Waals surface area (Å²) in [5, 5.41) is 22.3. The fourth-order valence-electron chi connectivity index (χ4n) is 2.97. The predicted octanol–water partition coefficient (Wildman–Crippen LogP) is 0.764. The van der Waals surface area contributed by atoms with Crippen LogP contribution in [-0.4, -0.2) is 57.3 Å². The van der Waals surface area contributed by atoms with Crippen LogP contribution in [0.25, 0.3) is 10.9 Å². The number of pyridine rings is 2. The van der Waals surface area contributed by atoms with Crippen molar-refractivity contribution >= 4 is 22.6 Å². The van der Waals surface area contributed by atoms with Gasteiger partial charge in [-0.15, -0.1) is 0 Å². The molecule has 1 aliphatic rings. The first-order chi connectivity index (χ1) is 14.2. The number of aromatic hydroxyl groups is 1. The molecular formula is C19H17N7O3. The summed E-state index contributed by atoms with van der Waals surface area (Å²) < 4.78 is 5.35. The van der Waals surface area contributed by atoms with Gasteiger partial charge < -0.3 is 20.1 Å². The van der Waals surface area contributed by atoms with Crippen molar-refractivity contribution in [3.8, 4) is 11.8 Å². The number of nitrogens with one attached hydrogen (secondary N) is 1. The highest BCUT2D eigenvalue weighted by molar-refractivity contribution is 6.00. The van der Waals surface area contributed by atoms with Crippen LogP contribution in [0.5, 0.6) is 5.75 Å². The normalized spacial score (nSPS) is 13.8. The minimum atomic E-state index is -0.548. The van der Waals surface area contributed by atoms with Gasteiger partial charge in [-0.05, 0) is 12.1 Å². The molecule has 1 fully saturated rings. The molecule has 0 bridgehead atoms. The van der Waals surface area contributed by atoms with Crippen LogP contribution < -0.4 is 10.2 Å². The molecule has 0 saturated carbocycles. The number of aromatic nitrogens is 4. The maximum atomic E-state index is 12.4. The van der Waals surface area contributed by atoms with Gasteiger partial charge in [0.1, 0.15) is 11.9 Å². The van der Waals surface area contributed by atoms with Gasteiger partial charge in [-0.1, -0.05) is 0 Å². The highest BCUT2D eigenvalue weighted by Crippen LogP contribution is 2.28. The van der Waals surface area contributed by atoms with Crippen LogP contribution in [0.3, 0.4) is 0 Å². The van der Waals surface area contributed by atoms with Crippen molar-refractivity contribution in [1.82, 2.24) is 25.3 Å². The lowest BCUT2D eigenvalue weighted by molar-refractivity contribution is 0.0942. The highest BCUT2D eigenvalue weighted by Gasteiger charge is 2.18.